The number of amides is 1. The zero-order valence-corrected chi connectivity index (χ0v) is 15.2. The van der Waals surface area contributed by atoms with Crippen LogP contribution < -0.4 is 0 Å². The number of hydrogen-bond acceptors (Lipinski definition) is 4. The first kappa shape index (κ1) is 18.4. The van der Waals surface area contributed by atoms with Crippen LogP contribution in [0.2, 0.25) is 0 Å². The average Bonchev–Trinajstić information content (AvgIpc) is 2.89. The van der Waals surface area contributed by atoms with E-state index in [-0.39, 0.29) is 5.91 Å². The Bertz CT molecular complexity index is 517. The number of hydrogen-bond donors (Lipinski definition) is 0. The van der Waals surface area contributed by atoms with E-state index >= 15 is 0 Å². The largest absolute Gasteiger partial charge is 0.379 e. The van der Waals surface area contributed by atoms with Gasteiger partial charge in [0.25, 0.3) is 0 Å². The molecule has 5 nitrogen and oxygen atoms in total. The molecule has 0 radical (unpaired) electrons. The van der Waals surface area contributed by atoms with Crippen molar-refractivity contribution in [2.75, 3.05) is 65.6 Å². The molecule has 2 aliphatic rings. The van der Waals surface area contributed by atoms with E-state index in [0.717, 1.165) is 71.9 Å². The van der Waals surface area contributed by atoms with Gasteiger partial charge in [0, 0.05) is 32.7 Å². The molecule has 0 saturated carbocycles. The van der Waals surface area contributed by atoms with Gasteiger partial charge in [-0.1, -0.05) is 30.3 Å². The van der Waals surface area contributed by atoms with E-state index in [1.807, 2.05) is 0 Å². The van der Waals surface area contributed by atoms with Crippen molar-refractivity contribution in [2.45, 2.75) is 19.3 Å². The van der Waals surface area contributed by atoms with Crippen LogP contribution in [0.5, 0.6) is 0 Å². The van der Waals surface area contributed by atoms with Crippen molar-refractivity contribution in [3.05, 3.63) is 35.9 Å². The lowest BCUT2D eigenvalue weighted by Crippen LogP contribution is -2.45. The fraction of sp³-hybridized carbons (Fsp3) is 0.650. The molecule has 0 aromatic heterocycles. The molecule has 1 amide bonds. The Morgan fingerprint density at radius 3 is 2.52 bits per heavy atom. The van der Waals surface area contributed by atoms with Crippen LogP contribution in [-0.2, 0) is 16.0 Å². The molecule has 1 aromatic rings. The summed E-state index contributed by atoms with van der Waals surface area (Å²) in [6.07, 6.45) is 3.41. The molecule has 2 aliphatic heterocycles. The van der Waals surface area contributed by atoms with Crippen LogP contribution in [0.4, 0.5) is 0 Å². The Kier molecular flexibility index (Phi) is 7.27. The van der Waals surface area contributed by atoms with Gasteiger partial charge in [-0.15, -0.1) is 0 Å². The predicted octanol–water partition coefficient (Wildman–Crippen LogP) is 1.49. The Hall–Kier alpha value is -1.43. The molecule has 0 unspecified atom stereocenters. The number of aryl methyl sites for hydroxylation is 1. The van der Waals surface area contributed by atoms with Gasteiger partial charge in [0.2, 0.25) is 5.91 Å². The molecule has 3 rings (SSSR count). The zero-order chi connectivity index (χ0) is 17.3. The number of benzene rings is 1. The third-order valence-corrected chi connectivity index (χ3v) is 5.19. The smallest absolute Gasteiger partial charge is 0.236 e. The van der Waals surface area contributed by atoms with Crippen LogP contribution in [0.1, 0.15) is 18.4 Å². The fourth-order valence-electron chi connectivity index (χ4n) is 3.65. The summed E-state index contributed by atoms with van der Waals surface area (Å²) >= 11 is 0. The molecule has 2 heterocycles. The number of nitrogens with zero attached hydrogens (tertiary/aromatic N) is 3. The molecule has 138 valence electrons. The van der Waals surface area contributed by atoms with E-state index in [0.29, 0.717) is 6.54 Å². The molecule has 5 heteroatoms. The Balaban J connectivity index is 1.37. The van der Waals surface area contributed by atoms with Crippen molar-refractivity contribution in [1.82, 2.24) is 14.7 Å². The van der Waals surface area contributed by atoms with Crippen molar-refractivity contribution in [3.8, 4) is 0 Å². The zero-order valence-electron chi connectivity index (χ0n) is 15.2. The van der Waals surface area contributed by atoms with Crippen molar-refractivity contribution in [1.29, 1.82) is 0 Å². The normalized spacial score (nSPS) is 20.4. The molecule has 0 aliphatic carbocycles. The minimum absolute atomic E-state index is 0.285. The topological polar surface area (TPSA) is 36.0 Å². The number of morpholine rings is 1. The first-order valence-corrected chi connectivity index (χ1v) is 9.65. The highest BCUT2D eigenvalue weighted by Gasteiger charge is 2.21. The summed E-state index contributed by atoms with van der Waals surface area (Å²) in [6.45, 7) is 8.83. The van der Waals surface area contributed by atoms with E-state index < -0.39 is 0 Å². The summed E-state index contributed by atoms with van der Waals surface area (Å²) in [5.41, 5.74) is 1.42. The summed E-state index contributed by atoms with van der Waals surface area (Å²) in [4.78, 5) is 19.3. The quantitative estimate of drug-likeness (QED) is 0.783. The Morgan fingerprint density at radius 2 is 1.72 bits per heavy atom. The molecule has 25 heavy (non-hydrogen) atoms. The summed E-state index contributed by atoms with van der Waals surface area (Å²) in [6, 6.07) is 10.7. The third kappa shape index (κ3) is 6.10. The summed E-state index contributed by atoms with van der Waals surface area (Å²) in [5.74, 6) is 0.285. The predicted molar refractivity (Wildman–Crippen MR) is 99.7 cm³/mol. The first-order valence-electron chi connectivity index (χ1n) is 9.65. The minimum Gasteiger partial charge on any atom is -0.379 e. The van der Waals surface area contributed by atoms with E-state index in [9.17, 15) is 4.79 Å². The second-order valence-corrected chi connectivity index (χ2v) is 7.05. The van der Waals surface area contributed by atoms with Crippen LogP contribution in [0.15, 0.2) is 30.3 Å². The van der Waals surface area contributed by atoms with Crippen LogP contribution in [0.3, 0.4) is 0 Å². The lowest BCUT2D eigenvalue weighted by molar-refractivity contribution is -0.133. The number of rotatable bonds is 6. The van der Waals surface area contributed by atoms with Gasteiger partial charge in [-0.3, -0.25) is 9.69 Å². The minimum atomic E-state index is 0.285. The molecular weight excluding hydrogens is 314 g/mol. The molecule has 0 N–H and O–H groups in total. The maximum absolute atomic E-state index is 12.5. The second-order valence-electron chi connectivity index (χ2n) is 7.05. The average molecular weight is 345 g/mol. The van der Waals surface area contributed by atoms with Gasteiger partial charge in [-0.2, -0.15) is 0 Å². The van der Waals surface area contributed by atoms with Crippen LogP contribution in [-0.4, -0.2) is 86.2 Å². The Morgan fingerprint density at radius 1 is 0.920 bits per heavy atom. The van der Waals surface area contributed by atoms with Crippen molar-refractivity contribution in [3.63, 3.8) is 0 Å². The standard InChI is InChI=1S/C20H31N3O2/c24-20(18-22-14-16-25-17-15-22)23-11-5-10-21(12-13-23)9-4-8-19-6-2-1-3-7-19/h1-3,6-7H,4-5,8-18H2. The van der Waals surface area contributed by atoms with Crippen LogP contribution in [0, 0.1) is 0 Å². The highest BCUT2D eigenvalue weighted by molar-refractivity contribution is 5.78. The van der Waals surface area contributed by atoms with E-state index in [2.05, 4.69) is 45.0 Å². The molecule has 2 saturated heterocycles. The molecule has 0 spiro atoms. The van der Waals surface area contributed by atoms with Gasteiger partial charge in [0.05, 0.1) is 19.8 Å². The summed E-state index contributed by atoms with van der Waals surface area (Å²) < 4.78 is 5.36. The highest BCUT2D eigenvalue weighted by Crippen LogP contribution is 2.08. The van der Waals surface area contributed by atoms with Gasteiger partial charge in [-0.25, -0.2) is 0 Å². The lowest BCUT2D eigenvalue weighted by Gasteiger charge is -2.29. The summed E-state index contributed by atoms with van der Waals surface area (Å²) in [7, 11) is 0. The third-order valence-electron chi connectivity index (χ3n) is 5.19. The van der Waals surface area contributed by atoms with E-state index in [4.69, 9.17) is 4.74 Å². The summed E-state index contributed by atoms with van der Waals surface area (Å²) in [5, 5.41) is 0. The molecule has 1 aromatic carbocycles. The number of carbonyl (C=O) groups is 1. The highest BCUT2D eigenvalue weighted by atomic mass is 16.5. The van der Waals surface area contributed by atoms with Crippen molar-refractivity contribution in [2.24, 2.45) is 0 Å². The number of ether oxygens (including phenoxy) is 1. The first-order chi connectivity index (χ1) is 12.3. The second kappa shape index (κ2) is 9.90. The van der Waals surface area contributed by atoms with Crippen molar-refractivity contribution >= 4 is 5.91 Å². The maximum Gasteiger partial charge on any atom is 0.236 e. The van der Waals surface area contributed by atoms with Crippen molar-refractivity contribution < 1.29 is 9.53 Å². The van der Waals surface area contributed by atoms with Gasteiger partial charge in [-0.05, 0) is 37.9 Å². The van der Waals surface area contributed by atoms with Gasteiger partial charge < -0.3 is 14.5 Å². The number of carbonyl (C=O) groups excluding carboxylic acids is 1. The molecular formula is C20H31N3O2. The van der Waals surface area contributed by atoms with Gasteiger partial charge in [0.1, 0.15) is 0 Å². The monoisotopic (exact) mass is 345 g/mol. The Labute approximate surface area is 151 Å². The maximum atomic E-state index is 12.5. The van der Waals surface area contributed by atoms with E-state index in [1.54, 1.807) is 0 Å². The van der Waals surface area contributed by atoms with Gasteiger partial charge in [0.15, 0.2) is 0 Å². The van der Waals surface area contributed by atoms with E-state index in [1.165, 1.54) is 12.0 Å². The molecule has 2 fully saturated rings. The molecule has 0 bridgehead atoms. The van der Waals surface area contributed by atoms with Crippen LogP contribution >= 0.6 is 0 Å². The van der Waals surface area contributed by atoms with Crippen LogP contribution in [0.25, 0.3) is 0 Å². The molecule has 0 atom stereocenters. The SMILES string of the molecule is O=C(CN1CCOCC1)N1CCCN(CCCc2ccccc2)CC1. The van der Waals surface area contributed by atoms with Gasteiger partial charge >= 0.3 is 0 Å². The lowest BCUT2D eigenvalue weighted by atomic mass is 10.1. The fourth-order valence-corrected chi connectivity index (χ4v) is 3.65.